The van der Waals surface area contributed by atoms with Crippen molar-refractivity contribution in [2.24, 2.45) is 5.73 Å². The van der Waals surface area contributed by atoms with Gasteiger partial charge in [0.15, 0.2) is 0 Å². The van der Waals surface area contributed by atoms with E-state index < -0.39 is 5.91 Å². The van der Waals surface area contributed by atoms with E-state index >= 15 is 0 Å². The summed E-state index contributed by atoms with van der Waals surface area (Å²) in [4.78, 5) is 10.9. The quantitative estimate of drug-likeness (QED) is 0.782. The van der Waals surface area contributed by atoms with E-state index in [0.717, 1.165) is 28.3 Å². The molecule has 0 bridgehead atoms. The molecule has 0 fully saturated rings. The van der Waals surface area contributed by atoms with Crippen LogP contribution in [0.15, 0.2) is 36.4 Å². The van der Waals surface area contributed by atoms with Gasteiger partial charge in [-0.2, -0.15) is 0 Å². The average molecular weight is 358 g/mol. The zero-order valence-electron chi connectivity index (χ0n) is 16.5. The van der Waals surface area contributed by atoms with Crippen molar-refractivity contribution in [3.05, 3.63) is 53.1 Å². The molecular weight excluding hydrogens is 328 g/mol. The van der Waals surface area contributed by atoms with Gasteiger partial charge >= 0.3 is 0 Å². The summed E-state index contributed by atoms with van der Waals surface area (Å²) in [5, 5.41) is 0. The van der Waals surface area contributed by atoms with Gasteiger partial charge in [0.2, 0.25) is 5.91 Å². The van der Waals surface area contributed by atoms with Gasteiger partial charge in [-0.1, -0.05) is 0 Å². The van der Waals surface area contributed by atoms with Crippen LogP contribution < -0.4 is 20.9 Å². The van der Waals surface area contributed by atoms with Gasteiger partial charge < -0.3 is 20.9 Å². The Morgan fingerprint density at radius 3 is 1.69 bits per heavy atom. The lowest BCUT2D eigenvalue weighted by Crippen LogP contribution is -2.12. The van der Waals surface area contributed by atoms with Crippen LogP contribution in [0.25, 0.3) is 0 Å². The number of amides is 1. The van der Waals surface area contributed by atoms with Crippen LogP contribution in [0.3, 0.4) is 0 Å². The molecule has 0 saturated heterocycles. The number of carbonyl (C=O) groups is 1. The molecule has 0 heterocycles. The maximum atomic E-state index is 10.9. The number of nitrogen functional groups attached to an aromatic ring is 1. The van der Waals surface area contributed by atoms with Gasteiger partial charge in [0.25, 0.3) is 0 Å². The summed E-state index contributed by atoms with van der Waals surface area (Å²) in [5.74, 6) is 1.30. The molecule has 2 aromatic rings. The Hall–Kier alpha value is -2.69. The summed E-state index contributed by atoms with van der Waals surface area (Å²) in [6, 6.07) is 10.9. The van der Waals surface area contributed by atoms with Crippen molar-refractivity contribution < 1.29 is 14.3 Å². The SMILES string of the molecule is Cc1cc(C(N)=O)ccc1OC(C)C.Cc1cc(N)ccc1OC(C)C. The van der Waals surface area contributed by atoms with E-state index in [1.165, 1.54) is 0 Å². The largest absolute Gasteiger partial charge is 0.491 e. The van der Waals surface area contributed by atoms with E-state index in [4.69, 9.17) is 20.9 Å². The van der Waals surface area contributed by atoms with Gasteiger partial charge in [0.05, 0.1) is 12.2 Å². The minimum atomic E-state index is -0.413. The topological polar surface area (TPSA) is 87.6 Å². The molecule has 0 radical (unpaired) electrons. The molecule has 142 valence electrons. The summed E-state index contributed by atoms with van der Waals surface area (Å²) in [6.45, 7) is 11.8. The molecule has 2 rings (SSSR count). The Morgan fingerprint density at radius 1 is 0.846 bits per heavy atom. The first-order valence-electron chi connectivity index (χ1n) is 8.70. The van der Waals surface area contributed by atoms with Crippen LogP contribution >= 0.6 is 0 Å². The lowest BCUT2D eigenvalue weighted by molar-refractivity contribution is 0.1000. The van der Waals surface area contributed by atoms with E-state index in [1.807, 2.05) is 59.7 Å². The fourth-order valence-corrected chi connectivity index (χ4v) is 2.25. The molecule has 0 aromatic heterocycles. The zero-order chi connectivity index (χ0) is 19.9. The Bertz CT molecular complexity index is 740. The lowest BCUT2D eigenvalue weighted by atomic mass is 10.1. The molecule has 26 heavy (non-hydrogen) atoms. The molecular formula is C21H30N2O3. The van der Waals surface area contributed by atoms with Crippen molar-refractivity contribution >= 4 is 11.6 Å². The molecule has 0 aliphatic heterocycles. The van der Waals surface area contributed by atoms with Crippen molar-refractivity contribution in [1.29, 1.82) is 0 Å². The number of aryl methyl sites for hydroxylation is 2. The maximum Gasteiger partial charge on any atom is 0.248 e. The zero-order valence-corrected chi connectivity index (χ0v) is 16.5. The number of carbonyl (C=O) groups excluding carboxylic acids is 1. The lowest BCUT2D eigenvalue weighted by Gasteiger charge is -2.12. The molecule has 0 aliphatic rings. The van der Waals surface area contributed by atoms with Gasteiger partial charge in [-0.3, -0.25) is 4.79 Å². The van der Waals surface area contributed by atoms with E-state index in [2.05, 4.69) is 0 Å². The summed E-state index contributed by atoms with van der Waals surface area (Å²) in [7, 11) is 0. The second kappa shape index (κ2) is 9.70. The number of benzene rings is 2. The van der Waals surface area contributed by atoms with Gasteiger partial charge in [0.1, 0.15) is 11.5 Å². The average Bonchev–Trinajstić information content (AvgIpc) is 2.52. The predicted octanol–water partition coefficient (Wildman–Crippen LogP) is 4.25. The molecule has 5 nitrogen and oxygen atoms in total. The second-order valence-corrected chi connectivity index (χ2v) is 6.70. The molecule has 5 heteroatoms. The Morgan fingerprint density at radius 2 is 1.31 bits per heavy atom. The van der Waals surface area contributed by atoms with Crippen LogP contribution in [0.5, 0.6) is 11.5 Å². The van der Waals surface area contributed by atoms with E-state index in [1.54, 1.807) is 18.2 Å². The molecule has 1 amide bonds. The first-order chi connectivity index (χ1) is 12.1. The van der Waals surface area contributed by atoms with Crippen LogP contribution in [-0.2, 0) is 0 Å². The first-order valence-corrected chi connectivity index (χ1v) is 8.70. The van der Waals surface area contributed by atoms with Crippen LogP contribution in [-0.4, -0.2) is 18.1 Å². The Labute approximate surface area is 156 Å². The first kappa shape index (κ1) is 21.4. The third-order valence-electron chi connectivity index (χ3n) is 3.38. The minimum Gasteiger partial charge on any atom is -0.491 e. The van der Waals surface area contributed by atoms with Gasteiger partial charge in [0, 0.05) is 11.3 Å². The van der Waals surface area contributed by atoms with Crippen molar-refractivity contribution in [1.82, 2.24) is 0 Å². The van der Waals surface area contributed by atoms with Crippen molar-refractivity contribution in [2.75, 3.05) is 5.73 Å². The highest BCUT2D eigenvalue weighted by Crippen LogP contribution is 2.21. The van der Waals surface area contributed by atoms with Crippen LogP contribution in [0, 0.1) is 13.8 Å². The molecule has 4 N–H and O–H groups in total. The molecule has 0 unspecified atom stereocenters. The highest BCUT2D eigenvalue weighted by Gasteiger charge is 2.06. The summed E-state index contributed by atoms with van der Waals surface area (Å²) < 4.78 is 11.1. The van der Waals surface area contributed by atoms with Crippen molar-refractivity contribution in [3.63, 3.8) is 0 Å². The number of anilines is 1. The number of hydrogen-bond acceptors (Lipinski definition) is 4. The summed E-state index contributed by atoms with van der Waals surface area (Å²) in [6.07, 6.45) is 0.348. The van der Waals surface area contributed by atoms with Gasteiger partial charge in [-0.25, -0.2) is 0 Å². The van der Waals surface area contributed by atoms with Gasteiger partial charge in [-0.15, -0.1) is 0 Å². The fraction of sp³-hybridized carbons (Fsp3) is 0.381. The summed E-state index contributed by atoms with van der Waals surface area (Å²) >= 11 is 0. The Kier molecular flexibility index (Phi) is 7.97. The molecule has 0 atom stereocenters. The van der Waals surface area contributed by atoms with E-state index in [9.17, 15) is 4.79 Å². The minimum absolute atomic E-state index is 0.133. The third-order valence-corrected chi connectivity index (χ3v) is 3.38. The monoisotopic (exact) mass is 358 g/mol. The van der Waals surface area contributed by atoms with Crippen LogP contribution in [0.1, 0.15) is 49.2 Å². The van der Waals surface area contributed by atoms with Crippen LogP contribution in [0.2, 0.25) is 0 Å². The smallest absolute Gasteiger partial charge is 0.248 e. The fourth-order valence-electron chi connectivity index (χ4n) is 2.25. The number of ether oxygens (including phenoxy) is 2. The highest BCUT2D eigenvalue weighted by atomic mass is 16.5. The number of primary amides is 1. The highest BCUT2D eigenvalue weighted by molar-refractivity contribution is 5.93. The van der Waals surface area contributed by atoms with Crippen molar-refractivity contribution in [3.8, 4) is 11.5 Å². The van der Waals surface area contributed by atoms with E-state index in [0.29, 0.717) is 5.56 Å². The second-order valence-electron chi connectivity index (χ2n) is 6.70. The van der Waals surface area contributed by atoms with E-state index in [-0.39, 0.29) is 12.2 Å². The molecule has 0 spiro atoms. The molecule has 0 saturated carbocycles. The number of hydrogen-bond donors (Lipinski definition) is 2. The summed E-state index contributed by atoms with van der Waals surface area (Å²) in [5.41, 5.74) is 14.1. The third kappa shape index (κ3) is 7.05. The number of rotatable bonds is 5. The Balaban J connectivity index is 0.000000263. The standard InChI is InChI=1S/C11H15NO2.C10H15NO/c1-7(2)14-10-5-4-9(11(12)13)6-8(10)3;1-7(2)12-10-5-4-9(11)6-8(10)3/h4-7H,1-3H3,(H2,12,13);4-7H,11H2,1-3H3. The van der Waals surface area contributed by atoms with Crippen molar-refractivity contribution in [2.45, 2.75) is 53.8 Å². The predicted molar refractivity (Wildman–Crippen MR) is 107 cm³/mol. The molecule has 2 aromatic carbocycles. The number of nitrogens with two attached hydrogens (primary N) is 2. The van der Waals surface area contributed by atoms with Gasteiger partial charge in [-0.05, 0) is 89.1 Å². The normalized spacial score (nSPS) is 10.3. The molecule has 0 aliphatic carbocycles. The van der Waals surface area contributed by atoms with Crippen LogP contribution in [0.4, 0.5) is 5.69 Å². The maximum absolute atomic E-state index is 10.9.